The fraction of sp³-hybridized carbons (Fsp3) is 0.435. The largest absolute Gasteiger partial charge is 0.339 e. The predicted octanol–water partition coefficient (Wildman–Crippen LogP) is 4.44. The maximum atomic E-state index is 15.0. The second-order valence-corrected chi connectivity index (χ2v) is 9.85. The van der Waals surface area contributed by atoms with E-state index in [1.165, 1.54) is 6.92 Å². The van der Waals surface area contributed by atoms with Gasteiger partial charge in [0.1, 0.15) is 5.67 Å². The summed E-state index contributed by atoms with van der Waals surface area (Å²) in [5.74, 6) is 0.0869. The normalized spacial score (nSPS) is 17.3. The van der Waals surface area contributed by atoms with Crippen LogP contribution in [-0.2, 0) is 16.7 Å². The number of amides is 1. The number of likely N-dealkylation sites (tertiary alicyclic amines) is 1. The van der Waals surface area contributed by atoms with Gasteiger partial charge < -0.3 is 4.90 Å². The molecule has 0 aliphatic carbocycles. The topological polar surface area (TPSA) is 49.4 Å². The molecule has 1 N–H and O–H groups in total. The predicted molar refractivity (Wildman–Crippen MR) is 117 cm³/mol. The number of halogens is 1. The van der Waals surface area contributed by atoms with E-state index in [4.69, 9.17) is 0 Å². The Bertz CT molecular complexity index is 857. The summed E-state index contributed by atoms with van der Waals surface area (Å²) in [6, 6.07) is 14.9. The molecule has 1 saturated heterocycles. The number of hydrogen-bond acceptors (Lipinski definition) is 2. The van der Waals surface area contributed by atoms with Crippen LogP contribution in [0.25, 0.3) is 11.1 Å². The molecule has 6 heteroatoms. The van der Waals surface area contributed by atoms with Crippen LogP contribution >= 0.6 is 0 Å². The van der Waals surface area contributed by atoms with Crippen molar-refractivity contribution in [2.45, 2.75) is 44.5 Å². The fourth-order valence-electron chi connectivity index (χ4n) is 3.39. The third kappa shape index (κ3) is 5.31. The first-order valence-electron chi connectivity index (χ1n) is 10.1. The molecule has 2 atom stereocenters. The first kappa shape index (κ1) is 21.7. The first-order valence-corrected chi connectivity index (χ1v) is 11.3. The first-order chi connectivity index (χ1) is 13.8. The number of rotatable bonds is 7. The number of nitrogens with zero attached hydrogens (tertiary/aromatic N) is 1. The monoisotopic (exact) mass is 416 g/mol. The Labute approximate surface area is 175 Å². The van der Waals surface area contributed by atoms with E-state index in [1.54, 1.807) is 12.1 Å². The molecule has 156 valence electrons. The lowest BCUT2D eigenvalue weighted by Gasteiger charge is -2.22. The van der Waals surface area contributed by atoms with Crippen LogP contribution in [0.3, 0.4) is 0 Å². The molecule has 1 amide bonds. The van der Waals surface area contributed by atoms with Crippen molar-refractivity contribution >= 4 is 16.9 Å². The second-order valence-electron chi connectivity index (χ2n) is 8.02. The maximum absolute atomic E-state index is 15.0. The molecule has 1 aliphatic rings. The summed E-state index contributed by atoms with van der Waals surface area (Å²) in [5.41, 5.74) is 1.57. The Hall–Kier alpha value is -2.05. The highest BCUT2D eigenvalue weighted by molar-refractivity contribution is 7.83. The van der Waals surface area contributed by atoms with Gasteiger partial charge >= 0.3 is 0 Å². The van der Waals surface area contributed by atoms with Gasteiger partial charge in [-0.15, -0.1) is 0 Å². The van der Waals surface area contributed by atoms with E-state index in [1.807, 2.05) is 55.1 Å². The van der Waals surface area contributed by atoms with Crippen molar-refractivity contribution in [3.63, 3.8) is 0 Å². The van der Waals surface area contributed by atoms with E-state index in [9.17, 15) is 9.00 Å². The molecule has 2 aromatic carbocycles. The van der Waals surface area contributed by atoms with Crippen LogP contribution in [0.1, 0.15) is 49.5 Å². The van der Waals surface area contributed by atoms with E-state index in [0.717, 1.165) is 37.1 Å². The number of carbonyl (C=O) groups is 1. The summed E-state index contributed by atoms with van der Waals surface area (Å²) in [5, 5.41) is -0.0616. The molecule has 0 radical (unpaired) electrons. The highest BCUT2D eigenvalue weighted by Gasteiger charge is 2.27. The standard InChI is InChI=1S/C23H29FN2O2S/c1-17(2)29(28)25-16-23(3,24)21-12-10-19(11-13-21)18-6-8-20(9-7-18)22(27)26-14-4-5-15-26/h6-13,17,25H,4-5,14-16H2,1-3H3. The summed E-state index contributed by atoms with van der Waals surface area (Å²) < 4.78 is 29.6. The van der Waals surface area contributed by atoms with Crippen molar-refractivity contribution < 1.29 is 13.4 Å². The molecular formula is C23H29FN2O2S. The molecule has 0 saturated carbocycles. The number of alkyl halides is 1. The molecule has 0 spiro atoms. The van der Waals surface area contributed by atoms with Gasteiger partial charge in [-0.2, -0.15) is 0 Å². The van der Waals surface area contributed by atoms with Crippen LogP contribution in [0.4, 0.5) is 4.39 Å². The van der Waals surface area contributed by atoms with E-state index >= 15 is 4.39 Å². The van der Waals surface area contributed by atoms with Gasteiger partial charge in [0.2, 0.25) is 0 Å². The summed E-state index contributed by atoms with van der Waals surface area (Å²) in [6.45, 7) is 6.82. The van der Waals surface area contributed by atoms with Crippen LogP contribution in [0, 0.1) is 0 Å². The SMILES string of the molecule is CC(C)S(=O)NCC(C)(F)c1ccc(-c2ccc(C(=O)N3CCCC3)cc2)cc1. The smallest absolute Gasteiger partial charge is 0.253 e. The van der Waals surface area contributed by atoms with E-state index in [-0.39, 0.29) is 17.7 Å². The lowest BCUT2D eigenvalue weighted by Crippen LogP contribution is -2.35. The van der Waals surface area contributed by atoms with Gasteiger partial charge in [0.15, 0.2) is 0 Å². The Morgan fingerprint density at radius 1 is 1.07 bits per heavy atom. The van der Waals surface area contributed by atoms with E-state index in [2.05, 4.69) is 4.72 Å². The fourth-order valence-corrected chi connectivity index (χ4v) is 4.14. The average Bonchev–Trinajstić information content (AvgIpc) is 3.26. The zero-order valence-corrected chi connectivity index (χ0v) is 18.1. The molecule has 3 rings (SSSR count). The van der Waals surface area contributed by atoms with Crippen molar-refractivity contribution in [2.75, 3.05) is 19.6 Å². The minimum atomic E-state index is -1.62. The third-order valence-corrected chi connectivity index (χ3v) is 6.60. The van der Waals surface area contributed by atoms with Crippen molar-refractivity contribution in [3.8, 4) is 11.1 Å². The molecule has 1 heterocycles. The Balaban J connectivity index is 1.67. The maximum Gasteiger partial charge on any atom is 0.253 e. The lowest BCUT2D eigenvalue weighted by molar-refractivity contribution is 0.0793. The summed E-state index contributed by atoms with van der Waals surface area (Å²) in [7, 11) is -1.25. The number of benzene rings is 2. The Morgan fingerprint density at radius 2 is 1.59 bits per heavy atom. The molecule has 2 unspecified atom stereocenters. The summed E-state index contributed by atoms with van der Waals surface area (Å²) in [4.78, 5) is 14.4. The number of nitrogens with one attached hydrogen (secondary N) is 1. The minimum Gasteiger partial charge on any atom is -0.339 e. The van der Waals surface area contributed by atoms with Gasteiger partial charge in [-0.05, 0) is 62.4 Å². The summed E-state index contributed by atoms with van der Waals surface area (Å²) in [6.07, 6.45) is 2.15. The van der Waals surface area contributed by atoms with Crippen LogP contribution in [0.15, 0.2) is 48.5 Å². The highest BCUT2D eigenvalue weighted by Crippen LogP contribution is 2.28. The molecule has 2 aromatic rings. The van der Waals surface area contributed by atoms with Crippen LogP contribution in [0.5, 0.6) is 0 Å². The van der Waals surface area contributed by atoms with Gasteiger partial charge in [0.05, 0.1) is 11.0 Å². The van der Waals surface area contributed by atoms with Gasteiger partial charge in [0.25, 0.3) is 5.91 Å². The average molecular weight is 417 g/mol. The Morgan fingerprint density at radius 3 is 2.10 bits per heavy atom. The van der Waals surface area contributed by atoms with Crippen molar-refractivity contribution in [3.05, 3.63) is 59.7 Å². The number of carbonyl (C=O) groups excluding carboxylic acids is 1. The second kappa shape index (κ2) is 9.18. The molecular weight excluding hydrogens is 387 g/mol. The van der Waals surface area contributed by atoms with Gasteiger partial charge in [-0.3, -0.25) is 4.79 Å². The molecule has 1 fully saturated rings. The Kier molecular flexibility index (Phi) is 6.85. The molecule has 29 heavy (non-hydrogen) atoms. The summed E-state index contributed by atoms with van der Waals surface area (Å²) >= 11 is 0. The van der Waals surface area contributed by atoms with E-state index < -0.39 is 16.7 Å². The van der Waals surface area contributed by atoms with Crippen molar-refractivity contribution in [1.82, 2.24) is 9.62 Å². The van der Waals surface area contributed by atoms with E-state index in [0.29, 0.717) is 11.1 Å². The minimum absolute atomic E-state index is 0.00948. The molecule has 0 aromatic heterocycles. The van der Waals surface area contributed by atoms with Crippen molar-refractivity contribution in [2.24, 2.45) is 0 Å². The number of hydrogen-bond donors (Lipinski definition) is 1. The van der Waals surface area contributed by atoms with Gasteiger partial charge in [-0.1, -0.05) is 36.4 Å². The zero-order chi connectivity index (χ0) is 21.0. The quantitative estimate of drug-likeness (QED) is 0.726. The molecule has 1 aliphatic heterocycles. The van der Waals surface area contributed by atoms with Gasteiger partial charge in [0, 0.05) is 30.4 Å². The zero-order valence-electron chi connectivity index (χ0n) is 17.3. The lowest BCUT2D eigenvalue weighted by atomic mass is 9.95. The van der Waals surface area contributed by atoms with Crippen LogP contribution < -0.4 is 4.72 Å². The van der Waals surface area contributed by atoms with Crippen LogP contribution in [0.2, 0.25) is 0 Å². The van der Waals surface area contributed by atoms with Crippen LogP contribution in [-0.4, -0.2) is 39.9 Å². The van der Waals surface area contributed by atoms with Crippen molar-refractivity contribution in [1.29, 1.82) is 0 Å². The molecule has 0 bridgehead atoms. The third-order valence-electron chi connectivity index (χ3n) is 5.32. The molecule has 4 nitrogen and oxygen atoms in total. The highest BCUT2D eigenvalue weighted by atomic mass is 32.2. The van der Waals surface area contributed by atoms with Gasteiger partial charge in [-0.25, -0.2) is 13.3 Å².